The van der Waals surface area contributed by atoms with Crippen LogP contribution in [-0.4, -0.2) is 0 Å². The summed E-state index contributed by atoms with van der Waals surface area (Å²) in [6.07, 6.45) is 0. The molecule has 0 saturated carbocycles. The predicted molar refractivity (Wildman–Crippen MR) is 212 cm³/mol. The van der Waals surface area contributed by atoms with Gasteiger partial charge in [-0.1, -0.05) is 103 Å². The van der Waals surface area contributed by atoms with E-state index in [2.05, 4.69) is 144 Å². The second kappa shape index (κ2) is 10.6. The van der Waals surface area contributed by atoms with E-state index in [-0.39, 0.29) is 0 Å². The predicted octanol–water partition coefficient (Wildman–Crippen LogP) is 14.1. The Bertz CT molecular complexity index is 2990. The van der Waals surface area contributed by atoms with Gasteiger partial charge in [0.2, 0.25) is 0 Å². The first kappa shape index (κ1) is 27.6. The van der Waals surface area contributed by atoms with E-state index in [4.69, 9.17) is 8.83 Å². The first-order valence-corrected chi connectivity index (χ1v) is 17.6. The van der Waals surface area contributed by atoms with E-state index in [9.17, 15) is 0 Å². The minimum Gasteiger partial charge on any atom is -0.456 e. The molecule has 0 atom stereocenters. The van der Waals surface area contributed by atoms with Crippen LogP contribution in [0.25, 0.3) is 85.9 Å². The van der Waals surface area contributed by atoms with Gasteiger partial charge in [-0.25, -0.2) is 0 Å². The monoisotopic (exact) mass is 657 g/mol. The van der Waals surface area contributed by atoms with Crippen molar-refractivity contribution in [2.45, 2.75) is 0 Å². The van der Waals surface area contributed by atoms with E-state index in [1.165, 1.54) is 42.1 Å². The van der Waals surface area contributed by atoms with E-state index < -0.39 is 0 Å². The number of thiophene rings is 1. The van der Waals surface area contributed by atoms with E-state index in [0.717, 1.165) is 60.9 Å². The fraction of sp³-hybridized carbons (Fsp3) is 0. The first-order chi connectivity index (χ1) is 24.8. The molecule has 0 radical (unpaired) electrons. The average molecular weight is 658 g/mol. The Hall–Kier alpha value is -6.36. The maximum Gasteiger partial charge on any atom is 0.135 e. The van der Waals surface area contributed by atoms with Gasteiger partial charge in [0, 0.05) is 58.8 Å². The SMILES string of the molecule is c1ccc2c(c1)ccc1c3cccc(-c4ccc(N(c5ccc6oc7ccccc7c6c5)c5ccc6oc7ccccc7c6c5)cc4)c3sc21. The highest BCUT2D eigenvalue weighted by Crippen LogP contribution is 2.45. The lowest BCUT2D eigenvalue weighted by Gasteiger charge is -2.26. The number of furan rings is 2. The molecule has 3 nitrogen and oxygen atoms in total. The van der Waals surface area contributed by atoms with Crippen LogP contribution in [0.3, 0.4) is 0 Å². The van der Waals surface area contributed by atoms with Crippen LogP contribution in [0.2, 0.25) is 0 Å². The molecular formula is C46H27NO2S. The van der Waals surface area contributed by atoms with Crippen LogP contribution in [0.15, 0.2) is 173 Å². The highest BCUT2D eigenvalue weighted by atomic mass is 32.1. The Kier molecular flexibility index (Phi) is 5.83. The van der Waals surface area contributed by atoms with Crippen LogP contribution in [0.1, 0.15) is 0 Å². The Morgan fingerprint density at radius 3 is 1.58 bits per heavy atom. The molecule has 0 amide bonds. The normalized spacial score (nSPS) is 12.0. The molecule has 0 N–H and O–H groups in total. The van der Waals surface area contributed by atoms with Gasteiger partial charge in [-0.2, -0.15) is 0 Å². The number of benzene rings is 8. The topological polar surface area (TPSA) is 29.5 Å². The highest BCUT2D eigenvalue weighted by molar-refractivity contribution is 7.27. The molecule has 0 aliphatic heterocycles. The number of anilines is 3. The summed E-state index contributed by atoms with van der Waals surface area (Å²) in [6, 6.07) is 58.4. The standard InChI is InChI=1S/C46H27NO2S/c1-2-9-33-28(8-1)18-23-38-37-13-7-12-34(45(37)50-46(33)38)29-16-19-30(20-17-29)47(31-21-24-43-39(26-31)35-10-3-5-14-41(35)48-43)32-22-25-44-40(27-32)36-11-4-6-15-42(36)49-44/h1-27H. The van der Waals surface area contributed by atoms with Crippen LogP contribution in [-0.2, 0) is 0 Å². The van der Waals surface area contributed by atoms with Crippen LogP contribution in [0, 0.1) is 0 Å². The lowest BCUT2D eigenvalue weighted by Crippen LogP contribution is -2.09. The molecule has 50 heavy (non-hydrogen) atoms. The maximum absolute atomic E-state index is 6.21. The Labute approximate surface area is 290 Å². The van der Waals surface area contributed by atoms with Crippen molar-refractivity contribution in [3.8, 4) is 11.1 Å². The summed E-state index contributed by atoms with van der Waals surface area (Å²) in [6.45, 7) is 0. The van der Waals surface area contributed by atoms with Crippen LogP contribution >= 0.6 is 11.3 Å². The third kappa shape index (κ3) is 4.09. The fourth-order valence-corrected chi connectivity index (χ4v) is 9.07. The molecule has 0 saturated heterocycles. The van der Waals surface area contributed by atoms with Crippen molar-refractivity contribution < 1.29 is 8.83 Å². The van der Waals surface area contributed by atoms with Gasteiger partial charge in [0.05, 0.1) is 0 Å². The summed E-state index contributed by atoms with van der Waals surface area (Å²) in [4.78, 5) is 2.33. The molecule has 3 aromatic heterocycles. The van der Waals surface area contributed by atoms with Gasteiger partial charge in [0.25, 0.3) is 0 Å². The lowest BCUT2D eigenvalue weighted by molar-refractivity contribution is 0.668. The molecule has 0 aliphatic carbocycles. The molecule has 0 unspecified atom stereocenters. The van der Waals surface area contributed by atoms with Crippen molar-refractivity contribution in [2.24, 2.45) is 0 Å². The van der Waals surface area contributed by atoms with Crippen molar-refractivity contribution in [1.82, 2.24) is 0 Å². The van der Waals surface area contributed by atoms with Gasteiger partial charge in [-0.05, 0) is 82.6 Å². The number of para-hydroxylation sites is 2. The number of nitrogens with zero attached hydrogens (tertiary/aromatic N) is 1. The van der Waals surface area contributed by atoms with Crippen molar-refractivity contribution in [3.63, 3.8) is 0 Å². The number of fused-ring (bicyclic) bond motifs is 11. The molecule has 11 aromatic rings. The van der Waals surface area contributed by atoms with E-state index in [1.807, 2.05) is 35.6 Å². The van der Waals surface area contributed by atoms with E-state index in [0.29, 0.717) is 0 Å². The van der Waals surface area contributed by atoms with Crippen molar-refractivity contribution in [2.75, 3.05) is 4.90 Å². The van der Waals surface area contributed by atoms with E-state index >= 15 is 0 Å². The van der Waals surface area contributed by atoms with Gasteiger partial charge in [-0.3, -0.25) is 0 Å². The molecule has 0 bridgehead atoms. The quantitative estimate of drug-likeness (QED) is 0.189. The third-order valence-corrected chi connectivity index (χ3v) is 11.4. The zero-order chi connectivity index (χ0) is 32.8. The summed E-state index contributed by atoms with van der Waals surface area (Å²) >= 11 is 1.89. The van der Waals surface area contributed by atoms with Gasteiger partial charge < -0.3 is 13.7 Å². The summed E-state index contributed by atoms with van der Waals surface area (Å²) in [5.74, 6) is 0. The zero-order valence-corrected chi connectivity index (χ0v) is 27.6. The molecule has 8 aromatic carbocycles. The third-order valence-electron chi connectivity index (χ3n) is 10.1. The summed E-state index contributed by atoms with van der Waals surface area (Å²) < 4.78 is 15.1. The Balaban J connectivity index is 1.09. The molecule has 0 aliphatic rings. The Morgan fingerprint density at radius 2 is 0.900 bits per heavy atom. The second-order valence-corrected chi connectivity index (χ2v) is 13.9. The van der Waals surface area contributed by atoms with Crippen LogP contribution in [0.4, 0.5) is 17.1 Å². The molecular weight excluding hydrogens is 631 g/mol. The average Bonchev–Trinajstić information content (AvgIpc) is 3.86. The smallest absolute Gasteiger partial charge is 0.135 e. The van der Waals surface area contributed by atoms with Gasteiger partial charge in [0.1, 0.15) is 22.3 Å². The highest BCUT2D eigenvalue weighted by Gasteiger charge is 2.19. The fourth-order valence-electron chi connectivity index (χ4n) is 7.70. The van der Waals surface area contributed by atoms with Crippen LogP contribution < -0.4 is 4.90 Å². The molecule has 234 valence electrons. The molecule has 0 spiro atoms. The van der Waals surface area contributed by atoms with Gasteiger partial charge in [-0.15, -0.1) is 11.3 Å². The molecule has 11 rings (SSSR count). The number of rotatable bonds is 4. The second-order valence-electron chi connectivity index (χ2n) is 12.9. The lowest BCUT2D eigenvalue weighted by atomic mass is 10.0. The van der Waals surface area contributed by atoms with Crippen molar-refractivity contribution >= 4 is 103 Å². The van der Waals surface area contributed by atoms with Crippen LogP contribution in [0.5, 0.6) is 0 Å². The first-order valence-electron chi connectivity index (χ1n) is 16.8. The molecule has 0 fully saturated rings. The van der Waals surface area contributed by atoms with Gasteiger partial charge >= 0.3 is 0 Å². The minimum absolute atomic E-state index is 0.880. The zero-order valence-electron chi connectivity index (χ0n) is 26.8. The summed E-state index contributed by atoms with van der Waals surface area (Å²) in [5.41, 5.74) is 9.19. The number of hydrogen-bond acceptors (Lipinski definition) is 4. The van der Waals surface area contributed by atoms with Crippen molar-refractivity contribution in [3.05, 3.63) is 164 Å². The number of hydrogen-bond donors (Lipinski definition) is 0. The summed E-state index contributed by atoms with van der Waals surface area (Å²) in [7, 11) is 0. The molecule has 4 heteroatoms. The maximum atomic E-state index is 6.21. The summed E-state index contributed by atoms with van der Waals surface area (Å²) in [5, 5.41) is 9.63. The van der Waals surface area contributed by atoms with Crippen molar-refractivity contribution in [1.29, 1.82) is 0 Å². The minimum atomic E-state index is 0.880. The van der Waals surface area contributed by atoms with E-state index in [1.54, 1.807) is 0 Å². The molecule has 3 heterocycles. The largest absolute Gasteiger partial charge is 0.456 e. The van der Waals surface area contributed by atoms with Gasteiger partial charge in [0.15, 0.2) is 0 Å². The Morgan fingerprint density at radius 1 is 0.360 bits per heavy atom.